The summed E-state index contributed by atoms with van der Waals surface area (Å²) in [7, 11) is 0. The number of hydrogen-bond acceptors (Lipinski definition) is 2. The molecule has 0 radical (unpaired) electrons. The highest BCUT2D eigenvalue weighted by molar-refractivity contribution is 9.09. The maximum atomic E-state index is 11.6. The molecule has 0 amide bonds. The second-order valence-electron chi connectivity index (χ2n) is 3.29. The van der Waals surface area contributed by atoms with E-state index in [1.54, 1.807) is 13.0 Å². The third-order valence-corrected chi connectivity index (χ3v) is 3.16. The summed E-state index contributed by atoms with van der Waals surface area (Å²) in [4.78, 5) is 11.6. The van der Waals surface area contributed by atoms with Gasteiger partial charge in [-0.1, -0.05) is 39.7 Å². The smallest absolute Gasteiger partial charge is 0.339 e. The molecule has 0 unspecified atom stereocenters. The molecule has 1 aromatic rings. The molecule has 0 bridgehead atoms. The van der Waals surface area contributed by atoms with Crippen molar-refractivity contribution in [2.75, 3.05) is 11.9 Å². The lowest BCUT2D eigenvalue weighted by atomic mass is 10.1. The molecule has 16 heavy (non-hydrogen) atoms. The van der Waals surface area contributed by atoms with Gasteiger partial charge >= 0.3 is 5.97 Å². The predicted octanol–water partition coefficient (Wildman–Crippen LogP) is 3.84. The molecule has 0 spiro atoms. The van der Waals surface area contributed by atoms with E-state index in [0.29, 0.717) is 17.2 Å². The first-order chi connectivity index (χ1) is 7.70. The number of esters is 1. The van der Waals surface area contributed by atoms with E-state index in [1.807, 2.05) is 12.1 Å². The largest absolute Gasteiger partial charge is 0.462 e. The minimum atomic E-state index is -0.354. The molecular formula is C12H14BrClO2. The summed E-state index contributed by atoms with van der Waals surface area (Å²) in [5, 5.41) is 1.44. The summed E-state index contributed by atoms with van der Waals surface area (Å²) in [6.45, 7) is 2.14. The van der Waals surface area contributed by atoms with Gasteiger partial charge in [-0.2, -0.15) is 0 Å². The lowest BCUT2D eigenvalue weighted by Gasteiger charge is -2.08. The SMILES string of the molecule is CCOC(=O)c1cccc(CCCBr)c1Cl. The first-order valence-electron chi connectivity index (χ1n) is 5.21. The maximum absolute atomic E-state index is 11.6. The fourth-order valence-electron chi connectivity index (χ4n) is 1.40. The molecule has 0 saturated carbocycles. The minimum Gasteiger partial charge on any atom is -0.462 e. The van der Waals surface area contributed by atoms with Crippen molar-refractivity contribution in [1.29, 1.82) is 0 Å². The van der Waals surface area contributed by atoms with Crippen molar-refractivity contribution >= 4 is 33.5 Å². The van der Waals surface area contributed by atoms with Crippen LogP contribution in [0, 0.1) is 0 Å². The lowest BCUT2D eigenvalue weighted by molar-refractivity contribution is 0.0526. The summed E-state index contributed by atoms with van der Waals surface area (Å²) >= 11 is 9.53. The van der Waals surface area contributed by atoms with Gasteiger partial charge in [-0.15, -0.1) is 0 Å². The van der Waals surface area contributed by atoms with Crippen molar-refractivity contribution in [1.82, 2.24) is 0 Å². The molecule has 88 valence electrons. The van der Waals surface area contributed by atoms with E-state index in [1.165, 1.54) is 0 Å². The Morgan fingerprint density at radius 1 is 1.50 bits per heavy atom. The van der Waals surface area contributed by atoms with Crippen LogP contribution in [0.1, 0.15) is 29.3 Å². The Labute approximate surface area is 109 Å². The van der Waals surface area contributed by atoms with Crippen LogP contribution in [0.15, 0.2) is 18.2 Å². The molecule has 0 N–H and O–H groups in total. The average molecular weight is 306 g/mol. The molecule has 1 aromatic carbocycles. The quantitative estimate of drug-likeness (QED) is 0.610. The van der Waals surface area contributed by atoms with Crippen LogP contribution < -0.4 is 0 Å². The Bertz CT molecular complexity index is 366. The first-order valence-corrected chi connectivity index (χ1v) is 6.71. The Balaban J connectivity index is 2.89. The van der Waals surface area contributed by atoms with Gasteiger partial charge in [0.1, 0.15) is 0 Å². The zero-order valence-corrected chi connectivity index (χ0v) is 11.5. The first kappa shape index (κ1) is 13.5. The zero-order valence-electron chi connectivity index (χ0n) is 9.13. The van der Waals surface area contributed by atoms with Gasteiger partial charge in [0.15, 0.2) is 0 Å². The van der Waals surface area contributed by atoms with E-state index in [0.717, 1.165) is 23.7 Å². The van der Waals surface area contributed by atoms with Crippen molar-refractivity contribution in [3.05, 3.63) is 34.3 Å². The normalized spacial score (nSPS) is 10.2. The topological polar surface area (TPSA) is 26.3 Å². The van der Waals surface area contributed by atoms with Gasteiger partial charge in [-0.05, 0) is 31.4 Å². The minimum absolute atomic E-state index is 0.354. The molecule has 4 heteroatoms. The van der Waals surface area contributed by atoms with Crippen LogP contribution in [-0.2, 0) is 11.2 Å². The number of rotatable bonds is 5. The van der Waals surface area contributed by atoms with E-state index in [9.17, 15) is 4.79 Å². The molecule has 2 nitrogen and oxygen atoms in total. The Kier molecular flexibility index (Phi) is 5.85. The van der Waals surface area contributed by atoms with E-state index in [2.05, 4.69) is 15.9 Å². The van der Waals surface area contributed by atoms with E-state index >= 15 is 0 Å². The van der Waals surface area contributed by atoms with Crippen LogP contribution in [0.5, 0.6) is 0 Å². The van der Waals surface area contributed by atoms with Crippen molar-refractivity contribution in [3.8, 4) is 0 Å². The summed E-state index contributed by atoms with van der Waals surface area (Å²) in [6, 6.07) is 5.47. The van der Waals surface area contributed by atoms with Crippen LogP contribution in [0.25, 0.3) is 0 Å². The van der Waals surface area contributed by atoms with E-state index in [4.69, 9.17) is 16.3 Å². The molecule has 1 rings (SSSR count). The summed E-state index contributed by atoms with van der Waals surface area (Å²) in [5.74, 6) is -0.354. The van der Waals surface area contributed by atoms with Gasteiger partial charge in [0, 0.05) is 5.33 Å². The van der Waals surface area contributed by atoms with Crippen LogP contribution in [0.3, 0.4) is 0 Å². The highest BCUT2D eigenvalue weighted by Gasteiger charge is 2.13. The fraction of sp³-hybridized carbons (Fsp3) is 0.417. The number of halogens is 2. The van der Waals surface area contributed by atoms with Gasteiger partial charge in [0.25, 0.3) is 0 Å². The number of benzene rings is 1. The number of hydrogen-bond donors (Lipinski definition) is 0. The number of carbonyl (C=O) groups is 1. The van der Waals surface area contributed by atoms with Gasteiger partial charge in [-0.3, -0.25) is 0 Å². The highest BCUT2D eigenvalue weighted by atomic mass is 79.9. The summed E-state index contributed by atoms with van der Waals surface area (Å²) in [6.07, 6.45) is 1.85. The summed E-state index contributed by atoms with van der Waals surface area (Å²) in [5.41, 5.74) is 1.45. The standard InChI is InChI=1S/C12H14BrClO2/c1-2-16-12(15)10-7-3-5-9(11(10)14)6-4-8-13/h3,5,7H,2,4,6,8H2,1H3. The van der Waals surface area contributed by atoms with Crippen molar-refractivity contribution in [2.45, 2.75) is 19.8 Å². The Morgan fingerprint density at radius 2 is 2.25 bits per heavy atom. The number of ether oxygens (including phenoxy) is 1. The fourth-order valence-corrected chi connectivity index (χ4v) is 1.97. The monoisotopic (exact) mass is 304 g/mol. The van der Waals surface area contributed by atoms with Gasteiger partial charge in [-0.25, -0.2) is 4.79 Å². The third kappa shape index (κ3) is 3.49. The van der Waals surface area contributed by atoms with Gasteiger partial charge in [0.2, 0.25) is 0 Å². The zero-order chi connectivity index (χ0) is 12.0. The summed E-state index contributed by atoms with van der Waals surface area (Å²) < 4.78 is 4.94. The van der Waals surface area contributed by atoms with E-state index in [-0.39, 0.29) is 5.97 Å². The molecule has 0 saturated heterocycles. The number of alkyl halides is 1. The van der Waals surface area contributed by atoms with Gasteiger partial charge in [0.05, 0.1) is 17.2 Å². The Hall–Kier alpha value is -0.540. The highest BCUT2D eigenvalue weighted by Crippen LogP contribution is 2.23. The molecule has 0 atom stereocenters. The van der Waals surface area contributed by atoms with Crippen molar-refractivity contribution in [3.63, 3.8) is 0 Å². The van der Waals surface area contributed by atoms with Crippen molar-refractivity contribution < 1.29 is 9.53 Å². The molecule has 0 heterocycles. The van der Waals surface area contributed by atoms with Crippen molar-refractivity contribution in [2.24, 2.45) is 0 Å². The molecule has 0 aromatic heterocycles. The maximum Gasteiger partial charge on any atom is 0.339 e. The predicted molar refractivity (Wildman–Crippen MR) is 69.5 cm³/mol. The number of aryl methyl sites for hydroxylation is 1. The lowest BCUT2D eigenvalue weighted by Crippen LogP contribution is -2.06. The van der Waals surface area contributed by atoms with E-state index < -0.39 is 0 Å². The van der Waals surface area contributed by atoms with Crippen LogP contribution in [0.2, 0.25) is 5.02 Å². The molecule has 0 fully saturated rings. The second-order valence-corrected chi connectivity index (χ2v) is 4.46. The number of carbonyl (C=O) groups excluding carboxylic acids is 1. The van der Waals surface area contributed by atoms with Crippen LogP contribution >= 0.6 is 27.5 Å². The molecule has 0 aliphatic rings. The Morgan fingerprint density at radius 3 is 2.88 bits per heavy atom. The molecule has 0 aliphatic heterocycles. The third-order valence-electron chi connectivity index (χ3n) is 2.15. The molecule has 0 aliphatic carbocycles. The molecular weight excluding hydrogens is 291 g/mol. The second kappa shape index (κ2) is 6.92. The average Bonchev–Trinajstić information content (AvgIpc) is 2.28. The van der Waals surface area contributed by atoms with Crippen LogP contribution in [-0.4, -0.2) is 17.9 Å². The van der Waals surface area contributed by atoms with Gasteiger partial charge < -0.3 is 4.74 Å². The van der Waals surface area contributed by atoms with Crippen LogP contribution in [0.4, 0.5) is 0 Å².